The predicted molar refractivity (Wildman–Crippen MR) is 136 cm³/mol. The summed E-state index contributed by atoms with van der Waals surface area (Å²) in [5.41, 5.74) is 2.82. The number of anilines is 1. The molecule has 1 amide bonds. The number of aromatic nitrogens is 5. The van der Waals surface area contributed by atoms with Crippen LogP contribution in [0, 0.1) is 5.82 Å². The average molecular weight is 492 g/mol. The Labute approximate surface area is 208 Å². The van der Waals surface area contributed by atoms with Crippen molar-refractivity contribution in [1.29, 1.82) is 0 Å². The van der Waals surface area contributed by atoms with E-state index in [0.717, 1.165) is 53.7 Å². The highest BCUT2D eigenvalue weighted by Crippen LogP contribution is 2.36. The molecule has 188 valence electrons. The Morgan fingerprint density at radius 3 is 2.72 bits per heavy atom. The van der Waals surface area contributed by atoms with E-state index in [1.54, 1.807) is 23.7 Å². The number of nitrogens with zero attached hydrogens (tertiary/aromatic N) is 5. The fraction of sp³-hybridized carbons (Fsp3) is 0.385. The van der Waals surface area contributed by atoms with E-state index in [0.29, 0.717) is 6.54 Å². The largest absolute Gasteiger partial charge is 0.487 e. The van der Waals surface area contributed by atoms with Gasteiger partial charge in [0.05, 0.1) is 29.4 Å². The van der Waals surface area contributed by atoms with E-state index in [-0.39, 0.29) is 23.5 Å². The Balaban J connectivity index is 1.35. The van der Waals surface area contributed by atoms with Gasteiger partial charge in [-0.05, 0) is 44.7 Å². The van der Waals surface area contributed by atoms with Gasteiger partial charge in [0.2, 0.25) is 0 Å². The molecule has 0 atom stereocenters. The molecule has 1 aromatic carbocycles. The standard InChI is InChI=1S/C26H30FN7O2/c1-4-29-26(35)19-6-5-7-22(24(19)27)36-18-10-8-17(9-11-18)34-21-12-23(28-2)30-14-20(21)25(32-34)16-13-31-33(3)15-16/h5-7,12-15,17-18H,4,8-11H2,1-3H3,(H,28,30)(H,29,35)/t17-,18+. The number of carbonyl (C=O) groups excluding carboxylic acids is 1. The van der Waals surface area contributed by atoms with Gasteiger partial charge in [-0.3, -0.25) is 14.2 Å². The lowest BCUT2D eigenvalue weighted by molar-refractivity contribution is 0.0946. The molecule has 0 aliphatic heterocycles. The Kier molecular flexibility index (Phi) is 6.58. The van der Waals surface area contributed by atoms with Crippen LogP contribution in [0.1, 0.15) is 49.0 Å². The second-order valence-electron chi connectivity index (χ2n) is 9.06. The first-order valence-electron chi connectivity index (χ1n) is 12.3. The summed E-state index contributed by atoms with van der Waals surface area (Å²) in [6.07, 6.45) is 8.66. The summed E-state index contributed by atoms with van der Waals surface area (Å²) in [6, 6.07) is 6.90. The van der Waals surface area contributed by atoms with E-state index < -0.39 is 11.7 Å². The van der Waals surface area contributed by atoms with Crippen LogP contribution in [0.4, 0.5) is 10.2 Å². The number of halogens is 1. The Morgan fingerprint density at radius 1 is 1.22 bits per heavy atom. The summed E-state index contributed by atoms with van der Waals surface area (Å²) in [4.78, 5) is 16.6. The zero-order chi connectivity index (χ0) is 25.2. The molecule has 1 saturated carbocycles. The van der Waals surface area contributed by atoms with Gasteiger partial charge in [0, 0.05) is 50.0 Å². The van der Waals surface area contributed by atoms with Gasteiger partial charge in [-0.1, -0.05) is 6.07 Å². The van der Waals surface area contributed by atoms with Gasteiger partial charge in [0.1, 0.15) is 11.5 Å². The first-order chi connectivity index (χ1) is 17.5. The fourth-order valence-corrected chi connectivity index (χ4v) is 4.82. The van der Waals surface area contributed by atoms with E-state index in [1.807, 2.05) is 38.8 Å². The van der Waals surface area contributed by atoms with Gasteiger partial charge < -0.3 is 15.4 Å². The van der Waals surface area contributed by atoms with E-state index in [2.05, 4.69) is 25.4 Å². The molecule has 10 heteroatoms. The van der Waals surface area contributed by atoms with Crippen molar-refractivity contribution >= 4 is 22.6 Å². The Morgan fingerprint density at radius 2 is 2.03 bits per heavy atom. The molecule has 1 fully saturated rings. The third kappa shape index (κ3) is 4.50. The van der Waals surface area contributed by atoms with Crippen LogP contribution in [-0.4, -0.2) is 50.1 Å². The molecule has 4 aromatic rings. The molecule has 5 rings (SSSR count). The van der Waals surface area contributed by atoms with Crippen molar-refractivity contribution in [3.8, 4) is 17.0 Å². The zero-order valence-electron chi connectivity index (χ0n) is 20.7. The summed E-state index contributed by atoms with van der Waals surface area (Å²) in [5, 5.41) is 16.0. The summed E-state index contributed by atoms with van der Waals surface area (Å²) >= 11 is 0. The van der Waals surface area contributed by atoms with E-state index in [9.17, 15) is 9.18 Å². The minimum Gasteiger partial charge on any atom is -0.487 e. The molecular formula is C26H30FN7O2. The van der Waals surface area contributed by atoms with Crippen molar-refractivity contribution in [1.82, 2.24) is 29.9 Å². The maximum absolute atomic E-state index is 14.9. The van der Waals surface area contributed by atoms with Crippen LogP contribution in [0.3, 0.4) is 0 Å². The summed E-state index contributed by atoms with van der Waals surface area (Å²) in [6.45, 7) is 2.23. The maximum atomic E-state index is 14.9. The lowest BCUT2D eigenvalue weighted by Crippen LogP contribution is -2.27. The third-order valence-corrected chi connectivity index (χ3v) is 6.65. The molecule has 3 aromatic heterocycles. The highest BCUT2D eigenvalue weighted by molar-refractivity contribution is 5.95. The molecule has 2 N–H and O–H groups in total. The molecule has 1 aliphatic rings. The minimum absolute atomic E-state index is 0.00271. The topological polar surface area (TPSA) is 98.9 Å². The van der Waals surface area contributed by atoms with Crippen LogP contribution in [-0.2, 0) is 7.05 Å². The van der Waals surface area contributed by atoms with E-state index >= 15 is 0 Å². The van der Waals surface area contributed by atoms with Crippen LogP contribution < -0.4 is 15.4 Å². The number of pyridine rings is 1. The lowest BCUT2D eigenvalue weighted by Gasteiger charge is -2.29. The fourth-order valence-electron chi connectivity index (χ4n) is 4.82. The molecule has 0 saturated heterocycles. The van der Waals surface area contributed by atoms with Crippen LogP contribution >= 0.6 is 0 Å². The number of carbonyl (C=O) groups is 1. The van der Waals surface area contributed by atoms with Crippen LogP contribution in [0.2, 0.25) is 0 Å². The monoisotopic (exact) mass is 491 g/mol. The number of fused-ring (bicyclic) bond motifs is 1. The van der Waals surface area contributed by atoms with Crippen LogP contribution in [0.25, 0.3) is 22.2 Å². The molecule has 3 heterocycles. The highest BCUT2D eigenvalue weighted by atomic mass is 19.1. The van der Waals surface area contributed by atoms with Crippen LogP contribution in [0.15, 0.2) is 42.9 Å². The summed E-state index contributed by atoms with van der Waals surface area (Å²) < 4.78 is 24.8. The normalized spacial score (nSPS) is 17.8. The predicted octanol–water partition coefficient (Wildman–Crippen LogP) is 4.33. The molecule has 0 unspecified atom stereocenters. The van der Waals surface area contributed by atoms with Gasteiger partial charge in [-0.2, -0.15) is 10.2 Å². The number of amides is 1. The van der Waals surface area contributed by atoms with Crippen molar-refractivity contribution in [2.75, 3.05) is 18.9 Å². The van der Waals surface area contributed by atoms with Gasteiger partial charge in [0.15, 0.2) is 11.6 Å². The molecule has 0 radical (unpaired) electrons. The molecule has 36 heavy (non-hydrogen) atoms. The number of hydrogen-bond donors (Lipinski definition) is 2. The SMILES string of the molecule is CCNC(=O)c1cccc(O[C@H]2CC[C@@H](n3nc(-c4cnn(C)c4)c4cnc(NC)cc43)CC2)c1F. The second-order valence-corrected chi connectivity index (χ2v) is 9.06. The molecule has 1 aliphatic carbocycles. The van der Waals surface area contributed by atoms with Gasteiger partial charge in [-0.15, -0.1) is 0 Å². The van der Waals surface area contributed by atoms with Gasteiger partial charge >= 0.3 is 0 Å². The number of nitrogens with one attached hydrogen (secondary N) is 2. The number of aryl methyl sites for hydroxylation is 1. The third-order valence-electron chi connectivity index (χ3n) is 6.65. The first kappa shape index (κ1) is 23.8. The molecule has 0 bridgehead atoms. The molecule has 9 nitrogen and oxygen atoms in total. The minimum atomic E-state index is -0.614. The van der Waals surface area contributed by atoms with E-state index in [4.69, 9.17) is 9.84 Å². The number of hydrogen-bond acceptors (Lipinski definition) is 6. The van der Waals surface area contributed by atoms with Gasteiger partial charge in [-0.25, -0.2) is 9.37 Å². The van der Waals surface area contributed by atoms with Crippen molar-refractivity contribution in [2.24, 2.45) is 7.05 Å². The highest BCUT2D eigenvalue weighted by Gasteiger charge is 2.28. The van der Waals surface area contributed by atoms with Gasteiger partial charge in [0.25, 0.3) is 5.91 Å². The number of rotatable bonds is 7. The molecular weight excluding hydrogens is 461 g/mol. The van der Waals surface area contributed by atoms with Crippen molar-refractivity contribution < 1.29 is 13.9 Å². The van der Waals surface area contributed by atoms with E-state index in [1.165, 1.54) is 6.07 Å². The quantitative estimate of drug-likeness (QED) is 0.399. The summed E-state index contributed by atoms with van der Waals surface area (Å²) in [5.74, 6) is -0.150. The summed E-state index contributed by atoms with van der Waals surface area (Å²) in [7, 11) is 3.73. The second kappa shape index (κ2) is 9.96. The maximum Gasteiger partial charge on any atom is 0.254 e. The van der Waals surface area contributed by atoms with Crippen molar-refractivity contribution in [2.45, 2.75) is 44.8 Å². The number of ether oxygens (including phenoxy) is 1. The van der Waals surface area contributed by atoms with Crippen molar-refractivity contribution in [3.05, 3.63) is 54.2 Å². The first-order valence-corrected chi connectivity index (χ1v) is 12.3. The Hall–Kier alpha value is -3.95. The van der Waals surface area contributed by atoms with Crippen molar-refractivity contribution in [3.63, 3.8) is 0 Å². The zero-order valence-corrected chi connectivity index (χ0v) is 20.7. The molecule has 0 spiro atoms. The Bertz CT molecular complexity index is 1390. The van der Waals surface area contributed by atoms with Crippen LogP contribution in [0.5, 0.6) is 5.75 Å². The number of benzene rings is 1. The lowest BCUT2D eigenvalue weighted by atomic mass is 9.93. The smallest absolute Gasteiger partial charge is 0.254 e. The average Bonchev–Trinajstić information content (AvgIpc) is 3.49.